The zero-order chi connectivity index (χ0) is 10.2. The second-order valence-corrected chi connectivity index (χ2v) is 11.8. The second-order valence-electron chi connectivity index (χ2n) is 3.09. The van der Waals surface area contributed by atoms with Crippen molar-refractivity contribution in [2.75, 3.05) is 6.61 Å². The van der Waals surface area contributed by atoms with Gasteiger partial charge in [-0.25, -0.2) is 0 Å². The number of hydrogen-bond donors (Lipinski definition) is 2. The van der Waals surface area contributed by atoms with Crippen molar-refractivity contribution < 1.29 is 4.52 Å². The minimum absolute atomic E-state index is 0.719. The summed E-state index contributed by atoms with van der Waals surface area (Å²) in [5.41, 5.74) is 0. The zero-order valence-electron chi connectivity index (χ0n) is 8.11. The van der Waals surface area contributed by atoms with E-state index in [-0.39, 0.29) is 0 Å². The fraction of sp³-hybridized carbons (Fsp3) is 1.00. The van der Waals surface area contributed by atoms with E-state index < -0.39 is 4.67 Å². The fourth-order valence-corrected chi connectivity index (χ4v) is 2.15. The summed E-state index contributed by atoms with van der Waals surface area (Å²) in [7, 11) is 0. The molecule has 80 valence electrons. The Labute approximate surface area is 97.4 Å². The highest BCUT2D eigenvalue weighted by atomic mass is 33.2. The van der Waals surface area contributed by atoms with Gasteiger partial charge in [-0.2, -0.15) is 0 Å². The quantitative estimate of drug-likeness (QED) is 0.378. The van der Waals surface area contributed by atoms with E-state index in [2.05, 4.69) is 31.4 Å². The third-order valence-electron chi connectivity index (χ3n) is 1.76. The summed E-state index contributed by atoms with van der Waals surface area (Å²) in [6.07, 6.45) is 7.61. The van der Waals surface area contributed by atoms with Crippen LogP contribution in [0.3, 0.4) is 0 Å². The lowest BCUT2D eigenvalue weighted by molar-refractivity contribution is 0.348. The van der Waals surface area contributed by atoms with Crippen LogP contribution in [0.25, 0.3) is 0 Å². The first-order chi connectivity index (χ1) is 6.06. The summed E-state index contributed by atoms with van der Waals surface area (Å²) in [6, 6.07) is 0. The Kier molecular flexibility index (Phi) is 9.47. The lowest BCUT2D eigenvalue weighted by Crippen LogP contribution is -1.87. The van der Waals surface area contributed by atoms with E-state index in [9.17, 15) is 0 Å². The van der Waals surface area contributed by atoms with Crippen molar-refractivity contribution in [3.8, 4) is 0 Å². The summed E-state index contributed by atoms with van der Waals surface area (Å²) in [4.78, 5) is 0. The van der Waals surface area contributed by atoms with Crippen LogP contribution in [0.15, 0.2) is 0 Å². The molecule has 0 spiro atoms. The standard InChI is InChI=1S/C8H19OPS3/c1-2-3-4-5-6-7-8-9-10(11,12)13/h2-8H2,1H3,(H2,11,12,13). The topological polar surface area (TPSA) is 9.23 Å². The largest absolute Gasteiger partial charge is 0.334 e. The van der Waals surface area contributed by atoms with Gasteiger partial charge in [0.1, 0.15) is 0 Å². The van der Waals surface area contributed by atoms with Crippen molar-refractivity contribution >= 4 is 41.0 Å². The van der Waals surface area contributed by atoms with Gasteiger partial charge in [0.25, 0.3) is 0 Å². The van der Waals surface area contributed by atoms with Gasteiger partial charge in [-0.05, 0) is 18.2 Å². The molecule has 0 amide bonds. The van der Waals surface area contributed by atoms with Crippen LogP contribution >= 0.6 is 29.2 Å². The molecule has 0 rings (SSSR count). The summed E-state index contributed by atoms with van der Waals surface area (Å²) < 4.78 is 3.29. The highest BCUT2D eigenvalue weighted by molar-refractivity contribution is 8.90. The lowest BCUT2D eigenvalue weighted by Gasteiger charge is -2.08. The van der Waals surface area contributed by atoms with Crippen LogP contribution in [0, 0.1) is 0 Å². The molecule has 0 bridgehead atoms. The maximum Gasteiger partial charge on any atom is 0.168 e. The van der Waals surface area contributed by atoms with Crippen LogP contribution in [0.2, 0.25) is 0 Å². The van der Waals surface area contributed by atoms with Gasteiger partial charge in [0, 0.05) is 0 Å². The highest BCUT2D eigenvalue weighted by Crippen LogP contribution is 2.56. The first-order valence-corrected chi connectivity index (χ1v) is 9.79. The van der Waals surface area contributed by atoms with Crippen LogP contribution in [-0.4, -0.2) is 6.61 Å². The molecule has 0 aromatic rings. The average Bonchev–Trinajstić information content (AvgIpc) is 2.01. The predicted molar refractivity (Wildman–Crippen MR) is 71.6 cm³/mol. The van der Waals surface area contributed by atoms with Gasteiger partial charge in [0.15, 0.2) is 4.67 Å². The van der Waals surface area contributed by atoms with Gasteiger partial charge in [-0.15, -0.1) is 24.5 Å². The molecule has 0 fully saturated rings. The first kappa shape index (κ1) is 14.3. The molecule has 5 heteroatoms. The Morgan fingerprint density at radius 2 is 1.62 bits per heavy atom. The van der Waals surface area contributed by atoms with Crippen molar-refractivity contribution in [2.45, 2.75) is 45.4 Å². The molecule has 0 aromatic heterocycles. The van der Waals surface area contributed by atoms with Crippen molar-refractivity contribution in [2.24, 2.45) is 0 Å². The maximum absolute atomic E-state index is 5.29. The van der Waals surface area contributed by atoms with Crippen LogP contribution in [-0.2, 0) is 16.3 Å². The molecule has 0 atom stereocenters. The van der Waals surface area contributed by atoms with E-state index in [1.54, 1.807) is 0 Å². The molecule has 0 radical (unpaired) electrons. The Morgan fingerprint density at radius 3 is 2.15 bits per heavy atom. The average molecular weight is 258 g/mol. The predicted octanol–water partition coefficient (Wildman–Crippen LogP) is 4.45. The molecule has 0 heterocycles. The molecular weight excluding hydrogens is 239 g/mol. The molecule has 0 aliphatic carbocycles. The summed E-state index contributed by atoms with van der Waals surface area (Å²) >= 11 is 13.1. The smallest absolute Gasteiger partial charge is 0.168 e. The molecule has 0 N–H and O–H groups in total. The minimum atomic E-state index is -2.00. The molecular formula is C8H19OPS3. The van der Waals surface area contributed by atoms with Crippen LogP contribution in [0.5, 0.6) is 0 Å². The third kappa shape index (κ3) is 13.3. The summed E-state index contributed by atoms with van der Waals surface area (Å²) in [6.45, 7) is 2.94. The third-order valence-corrected chi connectivity index (χ3v) is 3.29. The molecule has 13 heavy (non-hydrogen) atoms. The van der Waals surface area contributed by atoms with Crippen LogP contribution in [0.1, 0.15) is 45.4 Å². The Bertz CT molecular complexity index is 157. The van der Waals surface area contributed by atoms with Gasteiger partial charge >= 0.3 is 0 Å². The minimum Gasteiger partial charge on any atom is -0.334 e. The molecule has 0 unspecified atom stereocenters. The molecule has 0 aromatic carbocycles. The van der Waals surface area contributed by atoms with E-state index in [1.165, 1.54) is 32.1 Å². The summed E-state index contributed by atoms with van der Waals surface area (Å²) in [5, 5.41) is 0. The number of thiol groups is 2. The van der Waals surface area contributed by atoms with Crippen molar-refractivity contribution in [1.82, 2.24) is 0 Å². The molecule has 1 nitrogen and oxygen atoms in total. The first-order valence-electron chi connectivity index (χ1n) is 4.76. The molecule has 0 aliphatic rings. The van der Waals surface area contributed by atoms with E-state index in [1.807, 2.05) is 0 Å². The Morgan fingerprint density at radius 1 is 1.08 bits per heavy atom. The molecule has 0 saturated heterocycles. The number of rotatable bonds is 8. The van der Waals surface area contributed by atoms with Gasteiger partial charge in [0.05, 0.1) is 6.61 Å². The summed E-state index contributed by atoms with van der Waals surface area (Å²) in [5.74, 6) is 0. The zero-order valence-corrected chi connectivity index (χ0v) is 11.6. The van der Waals surface area contributed by atoms with E-state index in [0.29, 0.717) is 0 Å². The van der Waals surface area contributed by atoms with Crippen molar-refractivity contribution in [3.05, 3.63) is 0 Å². The monoisotopic (exact) mass is 258 g/mol. The van der Waals surface area contributed by atoms with Gasteiger partial charge in [-0.1, -0.05) is 39.0 Å². The van der Waals surface area contributed by atoms with Crippen molar-refractivity contribution in [1.29, 1.82) is 0 Å². The normalized spacial score (nSPS) is 11.9. The fourth-order valence-electron chi connectivity index (χ4n) is 1.07. The van der Waals surface area contributed by atoms with E-state index in [0.717, 1.165) is 13.0 Å². The lowest BCUT2D eigenvalue weighted by atomic mass is 10.1. The Balaban J connectivity index is 3.04. The van der Waals surface area contributed by atoms with Gasteiger partial charge in [0.2, 0.25) is 0 Å². The number of unbranched alkanes of at least 4 members (excludes halogenated alkanes) is 5. The highest BCUT2D eigenvalue weighted by Gasteiger charge is 2.02. The Hall–Kier alpha value is 1.31. The molecule has 0 saturated carbocycles. The second kappa shape index (κ2) is 8.60. The van der Waals surface area contributed by atoms with Crippen molar-refractivity contribution in [3.63, 3.8) is 0 Å². The van der Waals surface area contributed by atoms with E-state index in [4.69, 9.17) is 16.3 Å². The van der Waals surface area contributed by atoms with Crippen LogP contribution in [0.4, 0.5) is 0 Å². The van der Waals surface area contributed by atoms with E-state index >= 15 is 0 Å². The van der Waals surface area contributed by atoms with Gasteiger partial charge in [-0.3, -0.25) is 0 Å². The van der Waals surface area contributed by atoms with Crippen LogP contribution < -0.4 is 0 Å². The molecule has 0 aliphatic heterocycles. The number of hydrogen-bond acceptors (Lipinski definition) is 2. The van der Waals surface area contributed by atoms with Gasteiger partial charge < -0.3 is 4.52 Å². The maximum atomic E-state index is 5.29. The SMILES string of the molecule is CCCCCCCCOP(=S)(S)S.